The number of nitrogens with zero attached hydrogens (tertiary/aromatic N) is 4. The summed E-state index contributed by atoms with van der Waals surface area (Å²) in [5.41, 5.74) is 0.318. The molecule has 7 heteroatoms. The highest BCUT2D eigenvalue weighted by atomic mass is 16.3. The summed E-state index contributed by atoms with van der Waals surface area (Å²) in [4.78, 5) is 16.0. The summed E-state index contributed by atoms with van der Waals surface area (Å²) < 4.78 is 8.40. The van der Waals surface area contributed by atoms with Crippen LogP contribution in [0.15, 0.2) is 39.9 Å². The standard InChI is InChI=1S/C12H13N5O2/c1-13-6-9-2-3-10(19-9)8-17-12(18)16-5-4-14-7-11(16)15-17/h2-5,7,13H,6,8H2,1H3. The lowest BCUT2D eigenvalue weighted by atomic mass is 10.4. The Bertz CT molecular complexity index is 755. The Morgan fingerprint density at radius 3 is 3.00 bits per heavy atom. The molecule has 0 radical (unpaired) electrons. The van der Waals surface area contributed by atoms with Crippen LogP contribution in [0.5, 0.6) is 0 Å². The van der Waals surface area contributed by atoms with E-state index in [-0.39, 0.29) is 5.69 Å². The van der Waals surface area contributed by atoms with Crippen LogP contribution < -0.4 is 11.0 Å². The lowest BCUT2D eigenvalue weighted by Crippen LogP contribution is -2.21. The molecule has 0 unspecified atom stereocenters. The zero-order valence-corrected chi connectivity index (χ0v) is 10.4. The Labute approximate surface area is 108 Å². The summed E-state index contributed by atoms with van der Waals surface area (Å²) in [5.74, 6) is 1.53. The lowest BCUT2D eigenvalue weighted by molar-refractivity contribution is 0.433. The molecule has 0 bridgehead atoms. The van der Waals surface area contributed by atoms with Gasteiger partial charge < -0.3 is 9.73 Å². The summed E-state index contributed by atoms with van der Waals surface area (Å²) in [6, 6.07) is 3.73. The van der Waals surface area contributed by atoms with Gasteiger partial charge in [0.2, 0.25) is 0 Å². The van der Waals surface area contributed by atoms with Gasteiger partial charge in [-0.3, -0.25) is 4.98 Å². The van der Waals surface area contributed by atoms with Crippen molar-refractivity contribution in [3.05, 3.63) is 52.7 Å². The zero-order valence-electron chi connectivity index (χ0n) is 10.4. The van der Waals surface area contributed by atoms with Crippen molar-refractivity contribution in [2.75, 3.05) is 7.05 Å². The number of hydrogen-bond donors (Lipinski definition) is 1. The summed E-state index contributed by atoms with van der Waals surface area (Å²) in [6.45, 7) is 0.966. The molecule has 98 valence electrons. The number of fused-ring (bicyclic) bond motifs is 1. The highest BCUT2D eigenvalue weighted by molar-refractivity contribution is 5.31. The second kappa shape index (κ2) is 4.69. The summed E-state index contributed by atoms with van der Waals surface area (Å²) in [6.07, 6.45) is 4.69. The van der Waals surface area contributed by atoms with Gasteiger partial charge >= 0.3 is 5.69 Å². The fraction of sp³-hybridized carbons (Fsp3) is 0.250. The molecule has 3 aromatic heterocycles. The molecule has 0 aromatic carbocycles. The van der Waals surface area contributed by atoms with E-state index < -0.39 is 0 Å². The van der Waals surface area contributed by atoms with Crippen molar-refractivity contribution < 1.29 is 4.42 Å². The molecule has 3 heterocycles. The second-order valence-electron chi connectivity index (χ2n) is 4.14. The maximum Gasteiger partial charge on any atom is 0.350 e. The van der Waals surface area contributed by atoms with Crippen LogP contribution in [0.1, 0.15) is 11.5 Å². The first-order valence-electron chi connectivity index (χ1n) is 5.89. The number of aromatic nitrogens is 4. The van der Waals surface area contributed by atoms with E-state index in [0.717, 1.165) is 5.76 Å². The van der Waals surface area contributed by atoms with Crippen molar-refractivity contribution in [2.45, 2.75) is 13.1 Å². The maximum absolute atomic E-state index is 12.0. The first-order valence-corrected chi connectivity index (χ1v) is 5.89. The summed E-state index contributed by atoms with van der Waals surface area (Å²) >= 11 is 0. The van der Waals surface area contributed by atoms with Crippen molar-refractivity contribution >= 4 is 5.65 Å². The van der Waals surface area contributed by atoms with Gasteiger partial charge in [-0.1, -0.05) is 0 Å². The average Bonchev–Trinajstić information content (AvgIpc) is 2.97. The predicted octanol–water partition coefficient (Wildman–Crippen LogP) is 0.252. The Hall–Kier alpha value is -2.41. The normalized spacial score (nSPS) is 11.2. The van der Waals surface area contributed by atoms with E-state index in [0.29, 0.717) is 24.5 Å². The fourth-order valence-corrected chi connectivity index (χ4v) is 1.91. The first kappa shape index (κ1) is 11.7. The topological polar surface area (TPSA) is 77.4 Å². The third kappa shape index (κ3) is 2.15. The molecular weight excluding hydrogens is 246 g/mol. The van der Waals surface area contributed by atoms with Gasteiger partial charge in [0.25, 0.3) is 0 Å². The van der Waals surface area contributed by atoms with E-state index in [4.69, 9.17) is 4.42 Å². The number of rotatable bonds is 4. The van der Waals surface area contributed by atoms with Gasteiger partial charge in [-0.25, -0.2) is 13.9 Å². The zero-order chi connectivity index (χ0) is 13.2. The minimum Gasteiger partial charge on any atom is -0.463 e. The van der Waals surface area contributed by atoms with Crippen LogP contribution in [-0.4, -0.2) is 26.2 Å². The average molecular weight is 259 g/mol. The lowest BCUT2D eigenvalue weighted by Gasteiger charge is -1.96. The van der Waals surface area contributed by atoms with E-state index in [1.165, 1.54) is 9.08 Å². The molecule has 1 N–H and O–H groups in total. The third-order valence-corrected chi connectivity index (χ3v) is 2.76. The molecule has 0 atom stereocenters. The molecule has 0 aliphatic heterocycles. The minimum absolute atomic E-state index is 0.205. The van der Waals surface area contributed by atoms with Crippen LogP contribution in [-0.2, 0) is 13.1 Å². The molecule has 0 fully saturated rings. The van der Waals surface area contributed by atoms with Crippen LogP contribution >= 0.6 is 0 Å². The molecule has 3 rings (SSSR count). The molecule has 7 nitrogen and oxygen atoms in total. The van der Waals surface area contributed by atoms with Gasteiger partial charge in [0.05, 0.1) is 12.7 Å². The molecule has 0 saturated heterocycles. The van der Waals surface area contributed by atoms with E-state index >= 15 is 0 Å². The summed E-state index contributed by atoms with van der Waals surface area (Å²) in [5, 5.41) is 7.20. The first-order chi connectivity index (χ1) is 9.28. The van der Waals surface area contributed by atoms with Gasteiger partial charge in [0, 0.05) is 12.4 Å². The molecule has 0 aliphatic rings. The van der Waals surface area contributed by atoms with E-state index in [1.807, 2.05) is 19.2 Å². The van der Waals surface area contributed by atoms with Crippen LogP contribution in [0.4, 0.5) is 0 Å². The molecule has 0 aliphatic carbocycles. The maximum atomic E-state index is 12.0. The van der Waals surface area contributed by atoms with Crippen molar-refractivity contribution in [2.24, 2.45) is 0 Å². The highest BCUT2D eigenvalue weighted by Crippen LogP contribution is 2.08. The van der Waals surface area contributed by atoms with E-state index in [9.17, 15) is 4.79 Å². The van der Waals surface area contributed by atoms with Gasteiger partial charge in [-0.15, -0.1) is 5.10 Å². The smallest absolute Gasteiger partial charge is 0.350 e. The molecule has 19 heavy (non-hydrogen) atoms. The molecule has 0 saturated carbocycles. The highest BCUT2D eigenvalue weighted by Gasteiger charge is 2.09. The van der Waals surface area contributed by atoms with Crippen molar-refractivity contribution in [3.8, 4) is 0 Å². The third-order valence-electron chi connectivity index (χ3n) is 2.76. The second-order valence-corrected chi connectivity index (χ2v) is 4.14. The number of nitrogens with one attached hydrogen (secondary N) is 1. The van der Waals surface area contributed by atoms with Crippen LogP contribution in [0.25, 0.3) is 5.65 Å². The van der Waals surface area contributed by atoms with Gasteiger partial charge in [-0.2, -0.15) is 0 Å². The van der Waals surface area contributed by atoms with E-state index in [2.05, 4.69) is 15.4 Å². The van der Waals surface area contributed by atoms with Crippen molar-refractivity contribution in [1.29, 1.82) is 0 Å². The minimum atomic E-state index is -0.205. The van der Waals surface area contributed by atoms with Crippen LogP contribution in [0, 0.1) is 0 Å². The van der Waals surface area contributed by atoms with Crippen molar-refractivity contribution in [1.82, 2.24) is 24.5 Å². The Kier molecular flexibility index (Phi) is 2.88. The fourth-order valence-electron chi connectivity index (χ4n) is 1.91. The molecule has 0 spiro atoms. The van der Waals surface area contributed by atoms with Crippen LogP contribution in [0.3, 0.4) is 0 Å². The Morgan fingerprint density at radius 1 is 1.37 bits per heavy atom. The SMILES string of the molecule is CNCc1ccc(Cn2nc3cnccn3c2=O)o1. The van der Waals surface area contributed by atoms with Gasteiger partial charge in [-0.05, 0) is 19.2 Å². The van der Waals surface area contributed by atoms with E-state index in [1.54, 1.807) is 18.6 Å². The summed E-state index contributed by atoms with van der Waals surface area (Å²) in [7, 11) is 1.85. The predicted molar refractivity (Wildman–Crippen MR) is 67.8 cm³/mol. The molecular formula is C12H13N5O2. The quantitative estimate of drug-likeness (QED) is 0.726. The number of hydrogen-bond acceptors (Lipinski definition) is 5. The monoisotopic (exact) mass is 259 g/mol. The van der Waals surface area contributed by atoms with Gasteiger partial charge in [0.15, 0.2) is 5.65 Å². The Morgan fingerprint density at radius 2 is 2.21 bits per heavy atom. The largest absolute Gasteiger partial charge is 0.463 e. The number of furan rings is 1. The van der Waals surface area contributed by atoms with Gasteiger partial charge in [0.1, 0.15) is 18.1 Å². The van der Waals surface area contributed by atoms with Crippen LogP contribution in [0.2, 0.25) is 0 Å². The Balaban J connectivity index is 1.92. The molecule has 0 amide bonds. The molecule has 3 aromatic rings. The van der Waals surface area contributed by atoms with Crippen molar-refractivity contribution in [3.63, 3.8) is 0 Å².